The third-order valence-electron chi connectivity index (χ3n) is 2.95. The lowest BCUT2D eigenvalue weighted by atomic mass is 9.95. The van der Waals surface area contributed by atoms with E-state index in [0.29, 0.717) is 0 Å². The third kappa shape index (κ3) is 1.38. The summed E-state index contributed by atoms with van der Waals surface area (Å²) >= 11 is 0. The molecule has 1 heterocycles. The molecule has 1 aliphatic rings. The van der Waals surface area contributed by atoms with Gasteiger partial charge in [0.05, 0.1) is 17.7 Å². The van der Waals surface area contributed by atoms with Crippen molar-refractivity contribution in [3.8, 4) is 6.07 Å². The van der Waals surface area contributed by atoms with Crippen LogP contribution in [0.15, 0.2) is 41.4 Å². The van der Waals surface area contributed by atoms with Crippen LogP contribution in [0.1, 0.15) is 5.56 Å². The zero-order valence-corrected chi connectivity index (χ0v) is 8.72. The first-order chi connectivity index (χ1) is 7.86. The van der Waals surface area contributed by atoms with Crippen LogP contribution in [0.3, 0.4) is 0 Å². The van der Waals surface area contributed by atoms with Gasteiger partial charge in [0, 0.05) is 6.21 Å². The van der Waals surface area contributed by atoms with Crippen LogP contribution < -0.4 is 0 Å². The van der Waals surface area contributed by atoms with Crippen LogP contribution in [0.25, 0.3) is 10.8 Å². The van der Waals surface area contributed by atoms with E-state index in [1.54, 1.807) is 6.21 Å². The molecule has 0 N–H and O–H groups in total. The van der Waals surface area contributed by atoms with Crippen LogP contribution in [0.2, 0.25) is 0 Å². The van der Waals surface area contributed by atoms with Gasteiger partial charge in [-0.05, 0) is 34.9 Å². The molecule has 1 atom stereocenters. The second-order valence-electron chi connectivity index (χ2n) is 4.05. The number of fused-ring (bicyclic) bond motifs is 2. The fraction of sp³-hybridized carbons (Fsp3) is 0.143. The van der Waals surface area contributed by atoms with Gasteiger partial charge in [0.1, 0.15) is 0 Å². The quantitative estimate of drug-likeness (QED) is 0.651. The first-order valence-electron chi connectivity index (χ1n) is 5.32. The Kier molecular flexibility index (Phi) is 1.97. The number of benzene rings is 2. The van der Waals surface area contributed by atoms with Crippen LogP contribution in [0, 0.1) is 17.2 Å². The highest BCUT2D eigenvalue weighted by atomic mass is 14.7. The molecule has 0 aromatic heterocycles. The maximum Gasteiger partial charge on any atom is 0.0856 e. The molecule has 1 aliphatic heterocycles. The van der Waals surface area contributed by atoms with Crippen molar-refractivity contribution < 1.29 is 0 Å². The number of nitriles is 1. The van der Waals surface area contributed by atoms with Gasteiger partial charge in [0.25, 0.3) is 0 Å². The monoisotopic (exact) mass is 206 g/mol. The molecule has 2 aromatic rings. The minimum atomic E-state index is -0.0753. The summed E-state index contributed by atoms with van der Waals surface area (Å²) in [5, 5.41) is 11.3. The smallest absolute Gasteiger partial charge is 0.0856 e. The van der Waals surface area contributed by atoms with E-state index in [0.717, 1.165) is 12.1 Å². The second-order valence-corrected chi connectivity index (χ2v) is 4.05. The summed E-state index contributed by atoms with van der Waals surface area (Å²) in [6, 6.07) is 14.7. The van der Waals surface area contributed by atoms with Gasteiger partial charge >= 0.3 is 0 Å². The van der Waals surface area contributed by atoms with Crippen LogP contribution in [-0.2, 0) is 6.42 Å². The largest absolute Gasteiger partial charge is 0.260 e. The second kappa shape index (κ2) is 3.46. The SMILES string of the molecule is N#CC1C=Nc2cc3ccccc3cc2C1. The van der Waals surface area contributed by atoms with Crippen LogP contribution in [0.5, 0.6) is 0 Å². The number of nitrogens with zero attached hydrogens (tertiary/aromatic N) is 2. The van der Waals surface area contributed by atoms with E-state index in [2.05, 4.69) is 35.3 Å². The van der Waals surface area contributed by atoms with Crippen molar-refractivity contribution in [3.63, 3.8) is 0 Å². The van der Waals surface area contributed by atoms with Crippen molar-refractivity contribution in [1.82, 2.24) is 0 Å². The van der Waals surface area contributed by atoms with Crippen molar-refractivity contribution in [3.05, 3.63) is 42.0 Å². The molecule has 0 saturated heterocycles. The van der Waals surface area contributed by atoms with E-state index in [-0.39, 0.29) is 5.92 Å². The summed E-state index contributed by atoms with van der Waals surface area (Å²) in [7, 11) is 0. The van der Waals surface area contributed by atoms with E-state index in [4.69, 9.17) is 5.26 Å². The molecule has 2 nitrogen and oxygen atoms in total. The average molecular weight is 206 g/mol. The van der Waals surface area contributed by atoms with Gasteiger partial charge in [-0.25, -0.2) is 0 Å². The van der Waals surface area contributed by atoms with E-state index < -0.39 is 0 Å². The Morgan fingerprint density at radius 3 is 2.69 bits per heavy atom. The lowest BCUT2D eigenvalue weighted by molar-refractivity contribution is 0.865. The normalized spacial score (nSPS) is 18.1. The molecule has 0 fully saturated rings. The number of aliphatic imine (C=N–C) groups is 1. The summed E-state index contributed by atoms with van der Waals surface area (Å²) in [5.74, 6) is -0.0753. The molecule has 76 valence electrons. The van der Waals surface area contributed by atoms with Gasteiger partial charge in [-0.15, -0.1) is 0 Å². The predicted octanol–water partition coefficient (Wildman–Crippen LogP) is 3.24. The Morgan fingerprint density at radius 1 is 1.19 bits per heavy atom. The summed E-state index contributed by atoms with van der Waals surface area (Å²) in [5.41, 5.74) is 2.18. The van der Waals surface area contributed by atoms with E-state index in [9.17, 15) is 0 Å². The molecule has 0 spiro atoms. The Hall–Kier alpha value is -2.14. The average Bonchev–Trinajstić information content (AvgIpc) is 2.35. The van der Waals surface area contributed by atoms with Gasteiger partial charge in [0.15, 0.2) is 0 Å². The van der Waals surface area contributed by atoms with Crippen molar-refractivity contribution in [1.29, 1.82) is 5.26 Å². The van der Waals surface area contributed by atoms with Crippen molar-refractivity contribution in [2.75, 3.05) is 0 Å². The molecule has 3 rings (SSSR count). The van der Waals surface area contributed by atoms with Gasteiger partial charge in [-0.3, -0.25) is 4.99 Å². The zero-order valence-electron chi connectivity index (χ0n) is 8.72. The number of hydrogen-bond acceptors (Lipinski definition) is 2. The molecule has 1 unspecified atom stereocenters. The zero-order chi connectivity index (χ0) is 11.0. The fourth-order valence-electron chi connectivity index (χ4n) is 2.10. The Labute approximate surface area is 93.9 Å². The topological polar surface area (TPSA) is 36.1 Å². The molecule has 0 aliphatic carbocycles. The van der Waals surface area contributed by atoms with E-state index >= 15 is 0 Å². The lowest BCUT2D eigenvalue weighted by Crippen LogP contribution is -2.07. The van der Waals surface area contributed by atoms with Crippen LogP contribution >= 0.6 is 0 Å². The highest BCUT2D eigenvalue weighted by Gasteiger charge is 2.14. The standard InChI is InChI=1S/C14H10N2/c15-8-10-5-13-6-11-3-1-2-4-12(11)7-14(13)16-9-10/h1-4,6-7,9-10H,5H2. The molecule has 2 heteroatoms. The summed E-state index contributed by atoms with van der Waals surface area (Å²) in [6.45, 7) is 0. The molecule has 0 saturated carbocycles. The first-order valence-corrected chi connectivity index (χ1v) is 5.32. The lowest BCUT2D eigenvalue weighted by Gasteiger charge is -2.14. The van der Waals surface area contributed by atoms with Gasteiger partial charge in [-0.2, -0.15) is 5.26 Å². The molecule has 0 amide bonds. The summed E-state index contributed by atoms with van der Waals surface area (Å²) < 4.78 is 0. The Morgan fingerprint density at radius 2 is 1.94 bits per heavy atom. The van der Waals surface area contributed by atoms with E-state index in [1.807, 2.05) is 12.1 Å². The summed E-state index contributed by atoms with van der Waals surface area (Å²) in [6.07, 6.45) is 2.53. The highest BCUT2D eigenvalue weighted by Crippen LogP contribution is 2.30. The Balaban J connectivity index is 2.20. The van der Waals surface area contributed by atoms with Crippen molar-refractivity contribution in [2.24, 2.45) is 10.9 Å². The third-order valence-corrected chi connectivity index (χ3v) is 2.95. The van der Waals surface area contributed by atoms with Gasteiger partial charge < -0.3 is 0 Å². The highest BCUT2D eigenvalue weighted by molar-refractivity contribution is 5.88. The molecule has 0 radical (unpaired) electrons. The Bertz CT molecular complexity index is 620. The molecule has 16 heavy (non-hydrogen) atoms. The van der Waals surface area contributed by atoms with Crippen LogP contribution in [-0.4, -0.2) is 6.21 Å². The molecule has 2 aromatic carbocycles. The van der Waals surface area contributed by atoms with Crippen LogP contribution in [0.4, 0.5) is 5.69 Å². The first kappa shape index (κ1) is 9.11. The van der Waals surface area contributed by atoms with Gasteiger partial charge in [0.2, 0.25) is 0 Å². The maximum atomic E-state index is 8.89. The minimum absolute atomic E-state index is 0.0753. The summed E-state index contributed by atoms with van der Waals surface area (Å²) in [4.78, 5) is 4.35. The van der Waals surface area contributed by atoms with Crippen molar-refractivity contribution >= 4 is 22.7 Å². The maximum absolute atomic E-state index is 8.89. The predicted molar refractivity (Wildman–Crippen MR) is 64.9 cm³/mol. The number of hydrogen-bond donors (Lipinski definition) is 0. The fourth-order valence-corrected chi connectivity index (χ4v) is 2.10. The number of rotatable bonds is 0. The molecule has 0 bridgehead atoms. The molecular formula is C14H10N2. The van der Waals surface area contributed by atoms with Crippen molar-refractivity contribution in [2.45, 2.75) is 6.42 Å². The molecular weight excluding hydrogens is 196 g/mol. The van der Waals surface area contributed by atoms with E-state index in [1.165, 1.54) is 16.3 Å². The minimum Gasteiger partial charge on any atom is -0.260 e. The van der Waals surface area contributed by atoms with Gasteiger partial charge in [-0.1, -0.05) is 24.3 Å².